The van der Waals surface area contributed by atoms with Crippen LogP contribution in [0.2, 0.25) is 0 Å². The number of rotatable bonds is 7. The minimum Gasteiger partial charge on any atom is -0.351 e. The summed E-state index contributed by atoms with van der Waals surface area (Å²) >= 11 is 1.66. The third kappa shape index (κ3) is 6.05. The standard InChI is InChI=1S/C14H22N4O2S/c1-9(17-13(19)12(15)7-8-21-2)10-3-5-11(6-4-10)18-14(16)20/h3-6,9,12H,7-8,15H2,1-2H3,(H,17,19)(H3,16,18,20)/t9?,12-/m0/s1. The Labute approximate surface area is 129 Å². The van der Waals surface area contributed by atoms with E-state index in [0.717, 1.165) is 11.3 Å². The number of urea groups is 1. The lowest BCUT2D eigenvalue weighted by Crippen LogP contribution is -2.41. The highest BCUT2D eigenvalue weighted by Gasteiger charge is 2.16. The average Bonchev–Trinajstić information content (AvgIpc) is 2.44. The molecule has 0 radical (unpaired) electrons. The van der Waals surface area contributed by atoms with E-state index in [4.69, 9.17) is 11.5 Å². The number of carbonyl (C=O) groups is 2. The van der Waals surface area contributed by atoms with Crippen molar-refractivity contribution >= 4 is 29.4 Å². The molecule has 3 amide bonds. The van der Waals surface area contributed by atoms with Crippen LogP contribution in [0.15, 0.2) is 24.3 Å². The Bertz CT molecular complexity index is 478. The lowest BCUT2D eigenvalue weighted by molar-refractivity contribution is -0.123. The van der Waals surface area contributed by atoms with Gasteiger partial charge < -0.3 is 22.1 Å². The van der Waals surface area contributed by atoms with E-state index < -0.39 is 12.1 Å². The fourth-order valence-corrected chi connectivity index (χ4v) is 2.27. The van der Waals surface area contributed by atoms with Gasteiger partial charge in [-0.1, -0.05) is 12.1 Å². The zero-order valence-corrected chi connectivity index (χ0v) is 13.1. The number of hydrogen-bond donors (Lipinski definition) is 4. The first-order chi connectivity index (χ1) is 9.93. The number of nitrogens with two attached hydrogens (primary N) is 2. The van der Waals surface area contributed by atoms with Crippen molar-refractivity contribution in [2.45, 2.75) is 25.4 Å². The van der Waals surface area contributed by atoms with Gasteiger partial charge in [0.15, 0.2) is 0 Å². The van der Waals surface area contributed by atoms with Gasteiger partial charge in [-0.05, 0) is 43.0 Å². The lowest BCUT2D eigenvalue weighted by Gasteiger charge is -2.18. The van der Waals surface area contributed by atoms with Crippen LogP contribution < -0.4 is 22.1 Å². The summed E-state index contributed by atoms with van der Waals surface area (Å²) in [6.45, 7) is 1.88. The number of nitrogens with one attached hydrogen (secondary N) is 2. The number of hydrogen-bond acceptors (Lipinski definition) is 4. The molecule has 0 bridgehead atoms. The Hall–Kier alpha value is -1.73. The number of thioether (sulfide) groups is 1. The molecule has 0 aliphatic heterocycles. The van der Waals surface area contributed by atoms with Gasteiger partial charge in [0.05, 0.1) is 12.1 Å². The van der Waals surface area contributed by atoms with Gasteiger partial charge in [0.25, 0.3) is 0 Å². The second kappa shape index (κ2) is 8.53. The number of anilines is 1. The Morgan fingerprint density at radius 1 is 1.29 bits per heavy atom. The number of carbonyl (C=O) groups excluding carboxylic acids is 2. The van der Waals surface area contributed by atoms with Crippen LogP contribution in [-0.2, 0) is 4.79 Å². The zero-order chi connectivity index (χ0) is 15.8. The summed E-state index contributed by atoms with van der Waals surface area (Å²) in [5.41, 5.74) is 12.4. The quantitative estimate of drug-likeness (QED) is 0.610. The highest BCUT2D eigenvalue weighted by Crippen LogP contribution is 2.16. The molecule has 0 aliphatic carbocycles. The fourth-order valence-electron chi connectivity index (χ4n) is 1.78. The largest absolute Gasteiger partial charge is 0.351 e. The number of primary amides is 1. The molecule has 0 saturated heterocycles. The molecular weight excluding hydrogens is 288 g/mol. The second-order valence-electron chi connectivity index (χ2n) is 4.73. The van der Waals surface area contributed by atoms with Crippen LogP contribution in [0, 0.1) is 0 Å². The minimum atomic E-state index is -0.608. The van der Waals surface area contributed by atoms with E-state index >= 15 is 0 Å². The van der Waals surface area contributed by atoms with Crippen LogP contribution >= 0.6 is 11.8 Å². The van der Waals surface area contributed by atoms with Gasteiger partial charge in [0, 0.05) is 5.69 Å². The van der Waals surface area contributed by atoms with Gasteiger partial charge in [0.1, 0.15) is 0 Å². The Morgan fingerprint density at radius 2 is 1.90 bits per heavy atom. The van der Waals surface area contributed by atoms with Gasteiger partial charge in [-0.25, -0.2) is 4.79 Å². The summed E-state index contributed by atoms with van der Waals surface area (Å²) in [5.74, 6) is 0.701. The Balaban J connectivity index is 2.56. The van der Waals surface area contributed by atoms with Gasteiger partial charge in [-0.3, -0.25) is 4.79 Å². The molecule has 0 saturated carbocycles. The minimum absolute atomic E-state index is 0.152. The van der Waals surface area contributed by atoms with Gasteiger partial charge in [-0.15, -0.1) is 0 Å². The van der Waals surface area contributed by atoms with Gasteiger partial charge in [-0.2, -0.15) is 11.8 Å². The monoisotopic (exact) mass is 310 g/mol. The zero-order valence-electron chi connectivity index (χ0n) is 12.3. The highest BCUT2D eigenvalue weighted by atomic mass is 32.2. The second-order valence-corrected chi connectivity index (χ2v) is 5.72. The van der Waals surface area contributed by atoms with Crippen molar-refractivity contribution < 1.29 is 9.59 Å². The van der Waals surface area contributed by atoms with Crippen LogP contribution in [0.1, 0.15) is 24.9 Å². The van der Waals surface area contributed by atoms with Crippen LogP contribution in [0.25, 0.3) is 0 Å². The van der Waals surface area contributed by atoms with Crippen LogP contribution in [0.5, 0.6) is 0 Å². The van der Waals surface area contributed by atoms with E-state index in [2.05, 4.69) is 10.6 Å². The Kier molecular flexibility index (Phi) is 7.04. The molecule has 1 rings (SSSR count). The van der Waals surface area contributed by atoms with E-state index in [9.17, 15) is 9.59 Å². The van der Waals surface area contributed by atoms with E-state index in [1.807, 2.05) is 25.3 Å². The van der Waals surface area contributed by atoms with E-state index in [0.29, 0.717) is 12.1 Å². The number of amides is 3. The molecule has 0 aliphatic rings. The molecule has 2 atom stereocenters. The first-order valence-corrected chi connectivity index (χ1v) is 8.04. The third-order valence-electron chi connectivity index (χ3n) is 3.01. The molecule has 1 aromatic carbocycles. The molecular formula is C14H22N4O2S. The van der Waals surface area contributed by atoms with Gasteiger partial charge >= 0.3 is 6.03 Å². The van der Waals surface area contributed by atoms with Crippen molar-refractivity contribution in [2.24, 2.45) is 11.5 Å². The summed E-state index contributed by atoms with van der Waals surface area (Å²) in [6, 6.07) is 5.86. The molecule has 1 aromatic rings. The van der Waals surface area contributed by atoms with Crippen molar-refractivity contribution in [2.75, 3.05) is 17.3 Å². The maximum absolute atomic E-state index is 11.9. The van der Waals surface area contributed by atoms with Crippen LogP contribution in [0.4, 0.5) is 10.5 Å². The summed E-state index contributed by atoms with van der Waals surface area (Å²) < 4.78 is 0. The SMILES string of the molecule is CSCC[C@H](N)C(=O)NC(C)c1ccc(NC(N)=O)cc1. The summed E-state index contributed by atoms with van der Waals surface area (Å²) in [7, 11) is 0. The summed E-state index contributed by atoms with van der Waals surface area (Å²) in [4.78, 5) is 22.7. The molecule has 21 heavy (non-hydrogen) atoms. The summed E-state index contributed by atoms with van der Waals surface area (Å²) in [6.07, 6.45) is 2.64. The molecule has 7 heteroatoms. The van der Waals surface area contributed by atoms with Crippen LogP contribution in [-0.4, -0.2) is 30.0 Å². The molecule has 0 spiro atoms. The average molecular weight is 310 g/mol. The molecule has 0 aromatic heterocycles. The van der Waals surface area contributed by atoms with E-state index in [-0.39, 0.29) is 11.9 Å². The molecule has 0 heterocycles. The van der Waals surface area contributed by atoms with Gasteiger partial charge in [0.2, 0.25) is 5.91 Å². The molecule has 116 valence electrons. The first kappa shape index (κ1) is 17.3. The predicted molar refractivity (Wildman–Crippen MR) is 87.2 cm³/mol. The van der Waals surface area contributed by atoms with Crippen molar-refractivity contribution in [1.82, 2.24) is 5.32 Å². The first-order valence-electron chi connectivity index (χ1n) is 6.65. The smallest absolute Gasteiger partial charge is 0.316 e. The lowest BCUT2D eigenvalue weighted by atomic mass is 10.1. The molecule has 1 unspecified atom stereocenters. The van der Waals surface area contributed by atoms with E-state index in [1.54, 1.807) is 23.9 Å². The Morgan fingerprint density at radius 3 is 2.43 bits per heavy atom. The third-order valence-corrected chi connectivity index (χ3v) is 3.65. The van der Waals surface area contributed by atoms with Crippen LogP contribution in [0.3, 0.4) is 0 Å². The highest BCUT2D eigenvalue weighted by molar-refractivity contribution is 7.98. The topological polar surface area (TPSA) is 110 Å². The van der Waals surface area contributed by atoms with Crippen molar-refractivity contribution in [1.29, 1.82) is 0 Å². The maximum atomic E-state index is 11.9. The maximum Gasteiger partial charge on any atom is 0.316 e. The molecule has 6 nitrogen and oxygen atoms in total. The van der Waals surface area contributed by atoms with Crippen molar-refractivity contribution in [3.63, 3.8) is 0 Å². The van der Waals surface area contributed by atoms with Crippen molar-refractivity contribution in [3.05, 3.63) is 29.8 Å². The molecule has 6 N–H and O–H groups in total. The van der Waals surface area contributed by atoms with E-state index in [1.165, 1.54) is 0 Å². The summed E-state index contributed by atoms with van der Waals surface area (Å²) in [5, 5.41) is 5.36. The van der Waals surface area contributed by atoms with Crippen molar-refractivity contribution in [3.8, 4) is 0 Å². The normalized spacial score (nSPS) is 13.3. The molecule has 0 fully saturated rings. The fraction of sp³-hybridized carbons (Fsp3) is 0.429. The predicted octanol–water partition coefficient (Wildman–Crippen LogP) is 1.43. The number of benzene rings is 1.